The quantitative estimate of drug-likeness (QED) is 0.652. The van der Waals surface area contributed by atoms with E-state index >= 15 is 0 Å². The van der Waals surface area contributed by atoms with E-state index < -0.39 is 11.4 Å². The van der Waals surface area contributed by atoms with Crippen LogP contribution in [0.15, 0.2) is 41.1 Å². The highest BCUT2D eigenvalue weighted by molar-refractivity contribution is 6.07. The molecule has 6 heteroatoms. The van der Waals surface area contributed by atoms with E-state index in [1.54, 1.807) is 18.1 Å². The first-order valence-electron chi connectivity index (χ1n) is 8.30. The summed E-state index contributed by atoms with van der Waals surface area (Å²) in [6.07, 6.45) is 3.06. The van der Waals surface area contributed by atoms with Gasteiger partial charge in [0.1, 0.15) is 0 Å². The molecule has 4 rings (SSSR count). The third kappa shape index (κ3) is 2.33. The number of hydrogen-bond acceptors (Lipinski definition) is 4. The molecular formula is C20H18FN3O2. The highest BCUT2D eigenvalue weighted by atomic mass is 19.1. The van der Waals surface area contributed by atoms with Gasteiger partial charge in [-0.2, -0.15) is 4.39 Å². The number of likely N-dealkylation sites (N-methyl/N-ethyl adjacent to an activating group) is 1. The lowest BCUT2D eigenvalue weighted by atomic mass is 9.86. The van der Waals surface area contributed by atoms with Gasteiger partial charge in [0.15, 0.2) is 5.76 Å². The van der Waals surface area contributed by atoms with E-state index in [0.29, 0.717) is 17.2 Å². The van der Waals surface area contributed by atoms with Crippen molar-refractivity contribution in [3.05, 3.63) is 53.7 Å². The Morgan fingerprint density at radius 2 is 1.92 bits per heavy atom. The van der Waals surface area contributed by atoms with Crippen molar-refractivity contribution >= 4 is 11.6 Å². The average Bonchev–Trinajstić information content (AvgIpc) is 3.17. The van der Waals surface area contributed by atoms with E-state index in [9.17, 15) is 9.18 Å². The van der Waals surface area contributed by atoms with Crippen molar-refractivity contribution in [1.82, 2.24) is 9.97 Å². The third-order valence-corrected chi connectivity index (χ3v) is 4.96. The predicted molar refractivity (Wildman–Crippen MR) is 96.3 cm³/mol. The van der Waals surface area contributed by atoms with E-state index in [4.69, 9.17) is 4.42 Å². The van der Waals surface area contributed by atoms with E-state index in [0.717, 1.165) is 22.4 Å². The number of aryl methyl sites for hydroxylation is 1. The maximum Gasteiger partial charge on any atom is 0.236 e. The fraction of sp³-hybridized carbons (Fsp3) is 0.250. The summed E-state index contributed by atoms with van der Waals surface area (Å²) in [5.74, 6) is 0.380. The molecule has 3 aromatic rings. The van der Waals surface area contributed by atoms with Crippen LogP contribution in [0.3, 0.4) is 0 Å². The van der Waals surface area contributed by atoms with Crippen molar-refractivity contribution in [3.8, 4) is 22.8 Å². The van der Waals surface area contributed by atoms with Crippen LogP contribution in [0.5, 0.6) is 0 Å². The molecule has 0 bridgehead atoms. The predicted octanol–water partition coefficient (Wildman–Crippen LogP) is 4.11. The van der Waals surface area contributed by atoms with E-state index in [-0.39, 0.29) is 5.91 Å². The maximum absolute atomic E-state index is 13.4. The number of rotatable bonds is 2. The Morgan fingerprint density at radius 1 is 1.15 bits per heavy atom. The van der Waals surface area contributed by atoms with Gasteiger partial charge in [0.2, 0.25) is 17.7 Å². The van der Waals surface area contributed by atoms with Gasteiger partial charge in [-0.25, -0.2) is 9.97 Å². The Labute approximate surface area is 150 Å². The summed E-state index contributed by atoms with van der Waals surface area (Å²) < 4.78 is 19.3. The summed E-state index contributed by atoms with van der Waals surface area (Å²) >= 11 is 0. The maximum atomic E-state index is 13.4. The Kier molecular flexibility index (Phi) is 3.47. The number of amides is 1. The number of carbonyl (C=O) groups excluding carboxylic acids is 1. The first-order valence-corrected chi connectivity index (χ1v) is 8.30. The summed E-state index contributed by atoms with van der Waals surface area (Å²) in [5.41, 5.74) is 3.47. The van der Waals surface area contributed by atoms with E-state index in [1.165, 1.54) is 12.3 Å². The molecule has 0 atom stereocenters. The molecule has 0 aliphatic carbocycles. The smallest absolute Gasteiger partial charge is 0.236 e. The molecule has 1 amide bonds. The summed E-state index contributed by atoms with van der Waals surface area (Å²) in [7, 11) is 1.77. The highest BCUT2D eigenvalue weighted by Gasteiger charge is 2.42. The fourth-order valence-corrected chi connectivity index (χ4v) is 3.40. The minimum absolute atomic E-state index is 0.0609. The van der Waals surface area contributed by atoms with Gasteiger partial charge in [-0.1, -0.05) is 12.1 Å². The van der Waals surface area contributed by atoms with Gasteiger partial charge in [0.05, 0.1) is 11.6 Å². The number of oxazole rings is 1. The second kappa shape index (κ2) is 5.49. The van der Waals surface area contributed by atoms with E-state index in [1.807, 2.05) is 39.0 Å². The largest absolute Gasteiger partial charge is 0.436 e. The third-order valence-electron chi connectivity index (χ3n) is 4.96. The molecule has 0 spiro atoms. The van der Waals surface area contributed by atoms with Crippen LogP contribution in [0.25, 0.3) is 22.8 Å². The first-order chi connectivity index (χ1) is 12.3. The molecule has 1 aliphatic rings. The molecule has 26 heavy (non-hydrogen) atoms. The molecule has 0 fully saturated rings. The Bertz CT molecular complexity index is 1040. The molecule has 0 radical (unpaired) electrons. The van der Waals surface area contributed by atoms with Gasteiger partial charge in [0, 0.05) is 36.1 Å². The highest BCUT2D eigenvalue weighted by Crippen LogP contribution is 2.42. The molecule has 3 heterocycles. The number of hydrogen-bond donors (Lipinski definition) is 0. The molecule has 0 saturated carbocycles. The zero-order valence-corrected chi connectivity index (χ0v) is 15.0. The molecule has 5 nitrogen and oxygen atoms in total. The van der Waals surface area contributed by atoms with Gasteiger partial charge < -0.3 is 9.32 Å². The number of aromatic nitrogens is 2. The van der Waals surface area contributed by atoms with Crippen LogP contribution in [0, 0.1) is 12.9 Å². The summed E-state index contributed by atoms with van der Waals surface area (Å²) in [6.45, 7) is 5.67. The lowest BCUT2D eigenvalue weighted by Gasteiger charge is -2.16. The van der Waals surface area contributed by atoms with Crippen LogP contribution in [-0.2, 0) is 10.2 Å². The van der Waals surface area contributed by atoms with Crippen LogP contribution in [-0.4, -0.2) is 22.9 Å². The number of pyridine rings is 1. The summed E-state index contributed by atoms with van der Waals surface area (Å²) in [6, 6.07) is 7.10. The summed E-state index contributed by atoms with van der Waals surface area (Å²) in [5, 5.41) is 0. The average molecular weight is 351 g/mol. The van der Waals surface area contributed by atoms with Gasteiger partial charge in [-0.05, 0) is 38.0 Å². The van der Waals surface area contributed by atoms with Gasteiger partial charge in [0.25, 0.3) is 0 Å². The van der Waals surface area contributed by atoms with Crippen molar-refractivity contribution in [1.29, 1.82) is 0 Å². The topological polar surface area (TPSA) is 59.2 Å². The van der Waals surface area contributed by atoms with Gasteiger partial charge in [-0.3, -0.25) is 4.79 Å². The molecule has 1 aliphatic heterocycles. The number of nitrogens with zero attached hydrogens (tertiary/aromatic N) is 3. The molecule has 0 saturated heterocycles. The number of halogens is 1. The lowest BCUT2D eigenvalue weighted by molar-refractivity contribution is -0.121. The molecular weight excluding hydrogens is 333 g/mol. The monoisotopic (exact) mass is 351 g/mol. The molecule has 0 unspecified atom stereocenters. The normalized spacial score (nSPS) is 15.4. The molecule has 132 valence electrons. The Hall–Kier alpha value is -3.02. The van der Waals surface area contributed by atoms with Crippen molar-refractivity contribution in [3.63, 3.8) is 0 Å². The molecule has 0 N–H and O–H groups in total. The number of benzene rings is 1. The van der Waals surface area contributed by atoms with Crippen LogP contribution < -0.4 is 4.90 Å². The minimum atomic E-state index is -0.578. The number of anilines is 1. The zero-order chi connectivity index (χ0) is 18.6. The van der Waals surface area contributed by atoms with Crippen molar-refractivity contribution in [2.45, 2.75) is 26.2 Å². The van der Waals surface area contributed by atoms with Gasteiger partial charge >= 0.3 is 0 Å². The Morgan fingerprint density at radius 3 is 2.69 bits per heavy atom. The van der Waals surface area contributed by atoms with Crippen LogP contribution in [0.4, 0.5) is 10.1 Å². The SMILES string of the molecule is Cc1cnc(F)cc1-c1ncc(-c2ccc3c(c2)N(C)C(=O)C3(C)C)o1. The van der Waals surface area contributed by atoms with Crippen molar-refractivity contribution in [2.75, 3.05) is 11.9 Å². The van der Waals surface area contributed by atoms with Crippen LogP contribution >= 0.6 is 0 Å². The van der Waals surface area contributed by atoms with Crippen LogP contribution in [0.2, 0.25) is 0 Å². The number of fused-ring (bicyclic) bond motifs is 1. The molecule has 2 aromatic heterocycles. The van der Waals surface area contributed by atoms with Gasteiger partial charge in [-0.15, -0.1) is 0 Å². The Balaban J connectivity index is 1.76. The van der Waals surface area contributed by atoms with Crippen LogP contribution in [0.1, 0.15) is 25.0 Å². The second-order valence-electron chi connectivity index (χ2n) is 7.07. The van der Waals surface area contributed by atoms with E-state index in [2.05, 4.69) is 9.97 Å². The summed E-state index contributed by atoms with van der Waals surface area (Å²) in [4.78, 5) is 22.0. The fourth-order valence-electron chi connectivity index (χ4n) is 3.40. The lowest BCUT2D eigenvalue weighted by Crippen LogP contribution is -2.33. The standard InChI is InChI=1S/C20H18FN3O2/c1-11-9-22-17(21)8-13(11)18-23-10-16(26-18)12-5-6-14-15(7-12)24(4)19(25)20(14,2)3/h5-10H,1-4H3. The van der Waals surface area contributed by atoms with Crippen molar-refractivity contribution in [2.24, 2.45) is 0 Å². The first kappa shape index (κ1) is 16.4. The molecule has 1 aromatic carbocycles. The van der Waals surface area contributed by atoms with Crippen molar-refractivity contribution < 1.29 is 13.6 Å². The number of carbonyl (C=O) groups is 1. The second-order valence-corrected chi connectivity index (χ2v) is 7.07. The minimum Gasteiger partial charge on any atom is -0.436 e. The zero-order valence-electron chi connectivity index (χ0n) is 15.0.